The second-order valence-corrected chi connectivity index (χ2v) is 7.86. The number of carbonyl (C=O) groups is 1. The Bertz CT molecular complexity index is 1340. The number of rotatable bonds is 6. The molecule has 0 radical (unpaired) electrons. The lowest BCUT2D eigenvalue weighted by Crippen LogP contribution is -2.35. The normalized spacial score (nSPS) is 12.1. The molecule has 2 heterocycles. The van der Waals surface area contributed by atoms with Crippen molar-refractivity contribution in [1.82, 2.24) is 19.6 Å². The fraction of sp³-hybridized carbons (Fsp3) is 0.280. The molecule has 0 aliphatic carbocycles. The van der Waals surface area contributed by atoms with Crippen LogP contribution in [0.3, 0.4) is 0 Å². The fourth-order valence-electron chi connectivity index (χ4n) is 3.98. The van der Waals surface area contributed by atoms with E-state index >= 15 is 0 Å². The van der Waals surface area contributed by atoms with Gasteiger partial charge in [0, 0.05) is 5.69 Å². The standard InChI is InChI=1S/C25H27N5O2/c1-5-18-11-10-12-19(15-18)26-24(31)21(6-2)30-25(32)22-17(4)29(20-13-8-7-9-14-20)28-23(22)16(3)27-30/h7-15,21H,5-6H2,1-4H3,(H,26,31)/t21-/m1/s1. The Labute approximate surface area is 186 Å². The molecule has 7 heteroatoms. The van der Waals surface area contributed by atoms with Crippen molar-refractivity contribution in [2.24, 2.45) is 0 Å². The molecule has 0 bridgehead atoms. The summed E-state index contributed by atoms with van der Waals surface area (Å²) in [5, 5.41) is 12.6. The van der Waals surface area contributed by atoms with Gasteiger partial charge in [-0.25, -0.2) is 9.36 Å². The molecule has 2 aromatic heterocycles. The van der Waals surface area contributed by atoms with Gasteiger partial charge in [0.2, 0.25) is 5.91 Å². The fourth-order valence-corrected chi connectivity index (χ4v) is 3.98. The van der Waals surface area contributed by atoms with Crippen LogP contribution in [0.1, 0.15) is 43.3 Å². The molecule has 32 heavy (non-hydrogen) atoms. The van der Waals surface area contributed by atoms with Gasteiger partial charge in [0.1, 0.15) is 11.6 Å². The number of amides is 1. The van der Waals surface area contributed by atoms with E-state index in [9.17, 15) is 9.59 Å². The SMILES string of the molecule is CCc1cccc(NC(=O)[C@@H](CC)n2nc(C)c3nn(-c4ccccc4)c(C)c3c2=O)c1. The van der Waals surface area contributed by atoms with Crippen LogP contribution >= 0.6 is 0 Å². The minimum atomic E-state index is -0.727. The van der Waals surface area contributed by atoms with Gasteiger partial charge >= 0.3 is 0 Å². The third-order valence-electron chi connectivity index (χ3n) is 5.73. The predicted molar refractivity (Wildman–Crippen MR) is 126 cm³/mol. The van der Waals surface area contributed by atoms with Crippen molar-refractivity contribution in [1.29, 1.82) is 0 Å². The van der Waals surface area contributed by atoms with Crippen LogP contribution in [0.5, 0.6) is 0 Å². The number of benzene rings is 2. The molecule has 0 fully saturated rings. The molecule has 0 saturated carbocycles. The first-order chi connectivity index (χ1) is 15.4. The summed E-state index contributed by atoms with van der Waals surface area (Å²) in [5.41, 5.74) is 4.29. The van der Waals surface area contributed by atoms with E-state index in [1.165, 1.54) is 4.68 Å². The summed E-state index contributed by atoms with van der Waals surface area (Å²) in [5.74, 6) is -0.262. The summed E-state index contributed by atoms with van der Waals surface area (Å²) in [6.07, 6.45) is 1.31. The first kappa shape index (κ1) is 21.5. The molecule has 0 saturated heterocycles. The minimum Gasteiger partial charge on any atom is -0.324 e. The first-order valence-electron chi connectivity index (χ1n) is 10.9. The number of aryl methyl sites for hydroxylation is 3. The molecule has 0 aliphatic rings. The van der Waals surface area contributed by atoms with Gasteiger partial charge in [-0.2, -0.15) is 10.2 Å². The smallest absolute Gasteiger partial charge is 0.278 e. The van der Waals surface area contributed by atoms with E-state index < -0.39 is 6.04 Å². The van der Waals surface area contributed by atoms with Gasteiger partial charge in [-0.15, -0.1) is 0 Å². The summed E-state index contributed by atoms with van der Waals surface area (Å²) < 4.78 is 3.06. The average Bonchev–Trinajstić information content (AvgIpc) is 3.16. The first-order valence-corrected chi connectivity index (χ1v) is 10.9. The van der Waals surface area contributed by atoms with Crippen molar-refractivity contribution >= 4 is 22.5 Å². The highest BCUT2D eigenvalue weighted by Gasteiger charge is 2.25. The zero-order valence-electron chi connectivity index (χ0n) is 18.8. The van der Waals surface area contributed by atoms with Crippen molar-refractivity contribution in [3.63, 3.8) is 0 Å². The number of nitrogens with zero attached hydrogens (tertiary/aromatic N) is 4. The monoisotopic (exact) mass is 429 g/mol. The Balaban J connectivity index is 1.77. The zero-order chi connectivity index (χ0) is 22.8. The highest BCUT2D eigenvalue weighted by atomic mass is 16.2. The third-order valence-corrected chi connectivity index (χ3v) is 5.73. The molecule has 0 unspecified atom stereocenters. The van der Waals surface area contributed by atoms with E-state index in [-0.39, 0.29) is 11.5 Å². The van der Waals surface area contributed by atoms with Crippen molar-refractivity contribution in [3.8, 4) is 5.69 Å². The largest absolute Gasteiger partial charge is 0.324 e. The number of hydrogen-bond acceptors (Lipinski definition) is 4. The van der Waals surface area contributed by atoms with E-state index in [2.05, 4.69) is 22.4 Å². The number of para-hydroxylation sites is 1. The average molecular weight is 430 g/mol. The van der Waals surface area contributed by atoms with Crippen molar-refractivity contribution < 1.29 is 4.79 Å². The Kier molecular flexibility index (Phi) is 5.90. The molecule has 0 spiro atoms. The number of fused-ring (bicyclic) bond motifs is 1. The summed E-state index contributed by atoms with van der Waals surface area (Å²) in [4.78, 5) is 26.6. The molecule has 1 N–H and O–H groups in total. The van der Waals surface area contributed by atoms with Gasteiger partial charge in [-0.05, 0) is 56.5 Å². The summed E-state index contributed by atoms with van der Waals surface area (Å²) >= 11 is 0. The van der Waals surface area contributed by atoms with E-state index in [1.807, 2.05) is 75.4 Å². The maximum Gasteiger partial charge on any atom is 0.278 e. The van der Waals surface area contributed by atoms with Gasteiger partial charge < -0.3 is 5.32 Å². The Hall–Kier alpha value is -3.74. The Morgan fingerprint density at radius 3 is 2.47 bits per heavy atom. The van der Waals surface area contributed by atoms with Crippen LogP contribution in [-0.2, 0) is 11.2 Å². The van der Waals surface area contributed by atoms with Gasteiger partial charge in [0.15, 0.2) is 0 Å². The molecule has 1 atom stereocenters. The number of carbonyl (C=O) groups excluding carboxylic acids is 1. The Morgan fingerprint density at radius 1 is 1.03 bits per heavy atom. The van der Waals surface area contributed by atoms with Gasteiger partial charge in [-0.1, -0.05) is 44.2 Å². The maximum absolute atomic E-state index is 13.5. The lowest BCUT2D eigenvalue weighted by atomic mass is 10.1. The van der Waals surface area contributed by atoms with Crippen LogP contribution in [0.25, 0.3) is 16.6 Å². The van der Waals surface area contributed by atoms with E-state index in [0.29, 0.717) is 28.7 Å². The zero-order valence-corrected chi connectivity index (χ0v) is 18.8. The molecule has 1 amide bonds. The molecular weight excluding hydrogens is 402 g/mol. The van der Waals surface area contributed by atoms with Crippen LogP contribution in [0.4, 0.5) is 5.69 Å². The maximum atomic E-state index is 13.5. The minimum absolute atomic E-state index is 0.262. The number of hydrogen-bond donors (Lipinski definition) is 1. The quantitative estimate of drug-likeness (QED) is 0.494. The lowest BCUT2D eigenvalue weighted by molar-refractivity contribution is -0.119. The summed E-state index contributed by atoms with van der Waals surface area (Å²) in [6, 6.07) is 16.7. The molecular formula is C25H27N5O2. The Morgan fingerprint density at radius 2 is 1.78 bits per heavy atom. The third kappa shape index (κ3) is 3.82. The molecule has 7 nitrogen and oxygen atoms in total. The number of anilines is 1. The second-order valence-electron chi connectivity index (χ2n) is 7.86. The molecule has 4 rings (SSSR count). The number of nitrogens with one attached hydrogen (secondary N) is 1. The highest BCUT2D eigenvalue weighted by Crippen LogP contribution is 2.22. The van der Waals surface area contributed by atoms with Crippen molar-refractivity contribution in [2.45, 2.75) is 46.6 Å². The van der Waals surface area contributed by atoms with Crippen molar-refractivity contribution in [2.75, 3.05) is 5.32 Å². The van der Waals surface area contributed by atoms with Crippen LogP contribution in [0, 0.1) is 13.8 Å². The molecule has 0 aliphatic heterocycles. The van der Waals surface area contributed by atoms with E-state index in [4.69, 9.17) is 0 Å². The van der Waals surface area contributed by atoms with Gasteiger partial charge in [-0.3, -0.25) is 9.59 Å². The highest BCUT2D eigenvalue weighted by molar-refractivity contribution is 5.94. The lowest BCUT2D eigenvalue weighted by Gasteiger charge is -2.17. The molecule has 164 valence electrons. The van der Waals surface area contributed by atoms with Crippen LogP contribution in [0.2, 0.25) is 0 Å². The topological polar surface area (TPSA) is 81.8 Å². The second kappa shape index (κ2) is 8.78. The van der Waals surface area contributed by atoms with Crippen molar-refractivity contribution in [3.05, 3.63) is 81.9 Å². The van der Waals surface area contributed by atoms with E-state index in [1.54, 1.807) is 4.68 Å². The number of aromatic nitrogens is 4. The summed E-state index contributed by atoms with van der Waals surface area (Å²) in [6.45, 7) is 7.62. The molecule has 2 aromatic carbocycles. The predicted octanol–water partition coefficient (Wildman–Crippen LogP) is 4.35. The molecule has 4 aromatic rings. The van der Waals surface area contributed by atoms with Crippen LogP contribution in [-0.4, -0.2) is 25.5 Å². The van der Waals surface area contributed by atoms with Gasteiger partial charge in [0.25, 0.3) is 5.56 Å². The van der Waals surface area contributed by atoms with Crippen LogP contribution < -0.4 is 10.9 Å². The van der Waals surface area contributed by atoms with E-state index in [0.717, 1.165) is 23.4 Å². The van der Waals surface area contributed by atoms with Crippen LogP contribution in [0.15, 0.2) is 59.4 Å². The summed E-state index contributed by atoms with van der Waals surface area (Å²) in [7, 11) is 0. The van der Waals surface area contributed by atoms with Gasteiger partial charge in [0.05, 0.1) is 22.5 Å².